The number of rotatable bonds is 22. The first kappa shape index (κ1) is 32.5. The Hall–Kier alpha value is -3.02. The number of hydrogen-bond donors (Lipinski definition) is 1. The maximum atomic E-state index is 12.2. The average Bonchev–Trinajstić information content (AvgIpc) is 3.31. The predicted molar refractivity (Wildman–Crippen MR) is 153 cm³/mol. The number of nitrogens with one attached hydrogen (secondary N) is 1. The lowest BCUT2D eigenvalue weighted by molar-refractivity contribution is -0.145. The van der Waals surface area contributed by atoms with Gasteiger partial charge in [0.05, 0.1) is 66.1 Å². The maximum absolute atomic E-state index is 12.2. The molecule has 0 unspecified atom stereocenters. The molecule has 0 spiro atoms. The SMILES string of the molecule is CCCC(=O)OCCOCCOCCOCCOCCOCCNC(=O)OCC1c2ccccc2-c2ccccc21. The van der Waals surface area contributed by atoms with E-state index in [1.54, 1.807) is 0 Å². The minimum Gasteiger partial charge on any atom is -0.463 e. The van der Waals surface area contributed by atoms with Gasteiger partial charge in [0.1, 0.15) is 13.2 Å². The largest absolute Gasteiger partial charge is 0.463 e. The van der Waals surface area contributed by atoms with Gasteiger partial charge in [-0.15, -0.1) is 0 Å². The van der Waals surface area contributed by atoms with Gasteiger partial charge in [-0.1, -0.05) is 55.5 Å². The number of esters is 1. The van der Waals surface area contributed by atoms with Gasteiger partial charge < -0.3 is 38.5 Å². The van der Waals surface area contributed by atoms with Crippen molar-refractivity contribution in [3.8, 4) is 11.1 Å². The molecule has 2 aromatic rings. The van der Waals surface area contributed by atoms with Crippen LogP contribution in [-0.2, 0) is 38.0 Å². The Kier molecular flexibility index (Phi) is 15.8. The number of amides is 1. The average molecular weight is 574 g/mol. The lowest BCUT2D eigenvalue weighted by atomic mass is 9.98. The highest BCUT2D eigenvalue weighted by Crippen LogP contribution is 2.44. The third-order valence-corrected chi connectivity index (χ3v) is 6.29. The van der Waals surface area contributed by atoms with Crippen LogP contribution in [0, 0.1) is 0 Å². The minimum absolute atomic E-state index is 0.0400. The van der Waals surface area contributed by atoms with Crippen molar-refractivity contribution in [1.29, 1.82) is 0 Å². The molecule has 0 atom stereocenters. The molecule has 2 aromatic carbocycles. The van der Waals surface area contributed by atoms with E-state index in [2.05, 4.69) is 29.6 Å². The molecule has 0 heterocycles. The van der Waals surface area contributed by atoms with Gasteiger partial charge in [0.25, 0.3) is 0 Å². The quantitative estimate of drug-likeness (QED) is 0.165. The van der Waals surface area contributed by atoms with Crippen LogP contribution in [0.25, 0.3) is 11.1 Å². The molecule has 1 aliphatic rings. The number of carbonyl (C=O) groups excluding carboxylic acids is 2. The Labute approximate surface area is 242 Å². The van der Waals surface area contributed by atoms with Crippen molar-refractivity contribution in [2.24, 2.45) is 0 Å². The van der Waals surface area contributed by atoms with Gasteiger partial charge in [0.15, 0.2) is 0 Å². The van der Waals surface area contributed by atoms with Crippen LogP contribution in [0.1, 0.15) is 36.8 Å². The summed E-state index contributed by atoms with van der Waals surface area (Å²) in [5.74, 6) is -0.153. The second kappa shape index (κ2) is 20.0. The summed E-state index contributed by atoms with van der Waals surface area (Å²) in [7, 11) is 0. The van der Waals surface area contributed by atoms with E-state index in [1.807, 2.05) is 31.2 Å². The summed E-state index contributed by atoms with van der Waals surface area (Å²) in [5, 5.41) is 2.73. The first-order valence-electron chi connectivity index (χ1n) is 14.3. The van der Waals surface area contributed by atoms with Crippen molar-refractivity contribution in [1.82, 2.24) is 5.32 Å². The van der Waals surface area contributed by atoms with Gasteiger partial charge in [0, 0.05) is 18.9 Å². The van der Waals surface area contributed by atoms with Crippen LogP contribution in [-0.4, -0.2) is 97.9 Å². The van der Waals surface area contributed by atoms with Gasteiger partial charge >= 0.3 is 12.1 Å². The Morgan fingerprint density at radius 3 is 1.61 bits per heavy atom. The second-order valence-corrected chi connectivity index (χ2v) is 9.28. The fourth-order valence-electron chi connectivity index (χ4n) is 4.35. The van der Waals surface area contributed by atoms with E-state index in [0.717, 1.165) is 6.42 Å². The summed E-state index contributed by atoms with van der Waals surface area (Å²) >= 11 is 0. The van der Waals surface area contributed by atoms with Crippen LogP contribution in [0.4, 0.5) is 4.79 Å². The van der Waals surface area contributed by atoms with Crippen LogP contribution < -0.4 is 5.32 Å². The fourth-order valence-corrected chi connectivity index (χ4v) is 4.35. The van der Waals surface area contributed by atoms with Gasteiger partial charge in [0.2, 0.25) is 0 Å². The maximum Gasteiger partial charge on any atom is 0.407 e. The van der Waals surface area contributed by atoms with Crippen LogP contribution in [0.2, 0.25) is 0 Å². The van der Waals surface area contributed by atoms with E-state index in [0.29, 0.717) is 79.0 Å². The van der Waals surface area contributed by atoms with E-state index < -0.39 is 6.09 Å². The molecular weight excluding hydrogens is 530 g/mol. The summed E-state index contributed by atoms with van der Waals surface area (Å²) < 4.78 is 37.7. The van der Waals surface area contributed by atoms with Crippen LogP contribution >= 0.6 is 0 Å². The molecule has 1 aliphatic carbocycles. The smallest absolute Gasteiger partial charge is 0.407 e. The number of benzene rings is 2. The lowest BCUT2D eigenvalue weighted by Gasteiger charge is -2.14. The molecule has 0 radical (unpaired) electrons. The van der Waals surface area contributed by atoms with Crippen LogP contribution in [0.15, 0.2) is 48.5 Å². The molecule has 0 bridgehead atoms. The van der Waals surface area contributed by atoms with Crippen molar-refractivity contribution in [2.45, 2.75) is 25.7 Å². The number of carbonyl (C=O) groups is 2. The van der Waals surface area contributed by atoms with Crippen molar-refractivity contribution in [3.05, 3.63) is 59.7 Å². The van der Waals surface area contributed by atoms with E-state index in [1.165, 1.54) is 22.3 Å². The third-order valence-electron chi connectivity index (χ3n) is 6.29. The van der Waals surface area contributed by atoms with Gasteiger partial charge in [-0.25, -0.2) is 4.79 Å². The van der Waals surface area contributed by atoms with E-state index in [9.17, 15) is 9.59 Å². The molecule has 0 saturated heterocycles. The van der Waals surface area contributed by atoms with Gasteiger partial charge in [-0.2, -0.15) is 0 Å². The molecule has 0 fully saturated rings. The first-order chi connectivity index (χ1) is 20.2. The highest BCUT2D eigenvalue weighted by Gasteiger charge is 2.28. The zero-order valence-corrected chi connectivity index (χ0v) is 24.0. The zero-order valence-electron chi connectivity index (χ0n) is 24.0. The van der Waals surface area contributed by atoms with E-state index in [-0.39, 0.29) is 25.1 Å². The molecule has 0 aromatic heterocycles. The second-order valence-electron chi connectivity index (χ2n) is 9.28. The number of fused-ring (bicyclic) bond motifs is 3. The summed E-state index contributed by atoms with van der Waals surface area (Å²) in [6, 6.07) is 16.5. The lowest BCUT2D eigenvalue weighted by Crippen LogP contribution is -2.29. The topological polar surface area (TPSA) is 111 Å². The zero-order chi connectivity index (χ0) is 29.0. The van der Waals surface area contributed by atoms with Crippen molar-refractivity contribution in [3.63, 3.8) is 0 Å². The summed E-state index contributed by atoms with van der Waals surface area (Å²) in [4.78, 5) is 23.4. The molecule has 1 amide bonds. The number of ether oxygens (including phenoxy) is 7. The van der Waals surface area contributed by atoms with Crippen molar-refractivity contribution < 1.29 is 42.7 Å². The number of alkyl carbamates (subject to hydrolysis) is 1. The summed E-state index contributed by atoms with van der Waals surface area (Å²) in [6.07, 6.45) is 0.765. The molecule has 226 valence electrons. The Morgan fingerprint density at radius 1 is 0.634 bits per heavy atom. The first-order valence-corrected chi connectivity index (χ1v) is 14.3. The molecular formula is C31H43NO9. The van der Waals surface area contributed by atoms with Crippen molar-refractivity contribution >= 4 is 12.1 Å². The summed E-state index contributed by atoms with van der Waals surface area (Å²) in [5.41, 5.74) is 4.77. The molecule has 1 N–H and O–H groups in total. The Balaban J connectivity index is 1.07. The van der Waals surface area contributed by atoms with Gasteiger partial charge in [-0.3, -0.25) is 4.79 Å². The standard InChI is InChI=1S/C31H43NO9/c1-2-7-30(33)40-23-22-39-21-20-38-19-18-37-17-16-36-15-14-35-13-12-32-31(34)41-24-29-27-10-5-3-8-25(27)26-9-4-6-11-28(26)29/h3-6,8-11,29H,2,7,12-24H2,1H3,(H,32,34). The van der Waals surface area contributed by atoms with Crippen molar-refractivity contribution in [2.75, 3.05) is 85.8 Å². The van der Waals surface area contributed by atoms with Crippen LogP contribution in [0.3, 0.4) is 0 Å². The van der Waals surface area contributed by atoms with E-state index in [4.69, 9.17) is 33.2 Å². The highest BCUT2D eigenvalue weighted by atomic mass is 16.6. The molecule has 10 heteroatoms. The number of hydrogen-bond acceptors (Lipinski definition) is 9. The Bertz CT molecular complexity index is 987. The summed E-state index contributed by atoms with van der Waals surface area (Å²) in [6.45, 7) is 7.20. The van der Waals surface area contributed by atoms with E-state index >= 15 is 0 Å². The Morgan fingerprint density at radius 2 is 1.10 bits per heavy atom. The third kappa shape index (κ3) is 12.2. The van der Waals surface area contributed by atoms with Crippen LogP contribution in [0.5, 0.6) is 0 Å². The predicted octanol–water partition coefficient (Wildman–Crippen LogP) is 3.95. The monoisotopic (exact) mass is 573 g/mol. The minimum atomic E-state index is -0.453. The fraction of sp³-hybridized carbons (Fsp3) is 0.548. The molecule has 10 nitrogen and oxygen atoms in total. The molecule has 3 rings (SSSR count). The molecule has 0 saturated carbocycles. The molecule has 41 heavy (non-hydrogen) atoms. The van der Waals surface area contributed by atoms with Gasteiger partial charge in [-0.05, 0) is 28.7 Å². The highest BCUT2D eigenvalue weighted by molar-refractivity contribution is 5.79. The normalized spacial score (nSPS) is 12.1. The molecule has 0 aliphatic heterocycles.